The number of nitrogens with one attached hydrogen (secondary N) is 1. The van der Waals surface area contributed by atoms with E-state index >= 15 is 0 Å². The second-order valence-corrected chi connectivity index (χ2v) is 5.21. The molecule has 96 valence electrons. The zero-order chi connectivity index (χ0) is 12.9. The van der Waals surface area contributed by atoms with Crippen LogP contribution in [0.3, 0.4) is 0 Å². The first-order chi connectivity index (χ1) is 7.99. The molecular formula is C14H25N3. The molecule has 0 saturated carbocycles. The summed E-state index contributed by atoms with van der Waals surface area (Å²) in [6.45, 7) is 8.54. The molecule has 0 aliphatic carbocycles. The molecule has 0 aromatic carbocycles. The SMILES string of the molecule is CCC(C)(C)N(C)Cc1ccc(CNC)cn1. The highest BCUT2D eigenvalue weighted by atomic mass is 15.2. The number of aromatic nitrogens is 1. The molecule has 1 heterocycles. The van der Waals surface area contributed by atoms with Gasteiger partial charge < -0.3 is 5.32 Å². The quantitative estimate of drug-likeness (QED) is 0.821. The van der Waals surface area contributed by atoms with E-state index in [0.29, 0.717) is 0 Å². The Labute approximate surface area is 105 Å². The van der Waals surface area contributed by atoms with Crippen molar-refractivity contribution in [2.75, 3.05) is 14.1 Å². The van der Waals surface area contributed by atoms with Gasteiger partial charge in [0.2, 0.25) is 0 Å². The third-order valence-corrected chi connectivity index (χ3v) is 3.56. The van der Waals surface area contributed by atoms with Gasteiger partial charge in [-0.25, -0.2) is 0 Å². The minimum Gasteiger partial charge on any atom is -0.316 e. The zero-order valence-electron chi connectivity index (χ0n) is 11.7. The molecule has 1 aromatic rings. The molecule has 0 unspecified atom stereocenters. The summed E-state index contributed by atoms with van der Waals surface area (Å²) in [5, 5.41) is 3.13. The monoisotopic (exact) mass is 235 g/mol. The molecule has 1 rings (SSSR count). The van der Waals surface area contributed by atoms with Crippen LogP contribution in [0.1, 0.15) is 38.4 Å². The van der Waals surface area contributed by atoms with Crippen molar-refractivity contribution >= 4 is 0 Å². The van der Waals surface area contributed by atoms with E-state index in [1.807, 2.05) is 13.2 Å². The molecule has 3 nitrogen and oxygen atoms in total. The maximum atomic E-state index is 4.50. The molecule has 1 N–H and O–H groups in total. The largest absolute Gasteiger partial charge is 0.316 e. The highest BCUT2D eigenvalue weighted by Gasteiger charge is 2.21. The van der Waals surface area contributed by atoms with E-state index in [2.05, 4.69) is 55.2 Å². The van der Waals surface area contributed by atoms with Crippen molar-refractivity contribution in [1.82, 2.24) is 15.2 Å². The summed E-state index contributed by atoms with van der Waals surface area (Å²) in [5.74, 6) is 0. The minimum absolute atomic E-state index is 0.228. The summed E-state index contributed by atoms with van der Waals surface area (Å²) in [5.41, 5.74) is 2.59. The fraction of sp³-hybridized carbons (Fsp3) is 0.643. The Hall–Kier alpha value is -0.930. The second kappa shape index (κ2) is 6.12. The summed E-state index contributed by atoms with van der Waals surface area (Å²) >= 11 is 0. The van der Waals surface area contributed by atoms with Crippen molar-refractivity contribution < 1.29 is 0 Å². The highest BCUT2D eigenvalue weighted by Crippen LogP contribution is 2.18. The van der Waals surface area contributed by atoms with Gasteiger partial charge in [-0.05, 0) is 46.0 Å². The van der Waals surface area contributed by atoms with Crippen molar-refractivity contribution in [3.8, 4) is 0 Å². The smallest absolute Gasteiger partial charge is 0.0544 e. The average molecular weight is 235 g/mol. The van der Waals surface area contributed by atoms with Gasteiger partial charge in [0.15, 0.2) is 0 Å². The highest BCUT2D eigenvalue weighted by molar-refractivity contribution is 5.14. The molecule has 0 fully saturated rings. The molecule has 17 heavy (non-hydrogen) atoms. The van der Waals surface area contributed by atoms with E-state index in [1.54, 1.807) is 0 Å². The van der Waals surface area contributed by atoms with Crippen molar-refractivity contribution in [3.05, 3.63) is 29.6 Å². The van der Waals surface area contributed by atoms with Gasteiger partial charge in [-0.1, -0.05) is 13.0 Å². The first-order valence-electron chi connectivity index (χ1n) is 6.29. The summed E-state index contributed by atoms with van der Waals surface area (Å²) in [7, 11) is 4.11. The van der Waals surface area contributed by atoms with Gasteiger partial charge >= 0.3 is 0 Å². The summed E-state index contributed by atoms with van der Waals surface area (Å²) in [4.78, 5) is 6.86. The first kappa shape index (κ1) is 14.1. The van der Waals surface area contributed by atoms with Crippen LogP contribution in [-0.2, 0) is 13.1 Å². The third kappa shape index (κ3) is 4.10. The molecule has 1 aromatic heterocycles. The Morgan fingerprint density at radius 2 is 2.06 bits per heavy atom. The van der Waals surface area contributed by atoms with Crippen LogP contribution in [-0.4, -0.2) is 29.5 Å². The van der Waals surface area contributed by atoms with Crippen LogP contribution in [0.25, 0.3) is 0 Å². The van der Waals surface area contributed by atoms with Crippen LogP contribution in [0.2, 0.25) is 0 Å². The Kier molecular flexibility index (Phi) is 5.09. The lowest BCUT2D eigenvalue weighted by Gasteiger charge is -2.34. The van der Waals surface area contributed by atoms with Crippen LogP contribution in [0, 0.1) is 0 Å². The van der Waals surface area contributed by atoms with Crippen molar-refractivity contribution in [1.29, 1.82) is 0 Å². The lowest BCUT2D eigenvalue weighted by atomic mass is 10.00. The lowest BCUT2D eigenvalue weighted by Crippen LogP contribution is -2.39. The number of nitrogens with zero attached hydrogens (tertiary/aromatic N) is 2. The molecule has 0 aliphatic heterocycles. The van der Waals surface area contributed by atoms with E-state index in [9.17, 15) is 0 Å². The fourth-order valence-electron chi connectivity index (χ4n) is 1.58. The van der Waals surface area contributed by atoms with Gasteiger partial charge in [0.1, 0.15) is 0 Å². The van der Waals surface area contributed by atoms with Gasteiger partial charge in [-0.15, -0.1) is 0 Å². The number of hydrogen-bond donors (Lipinski definition) is 1. The van der Waals surface area contributed by atoms with Crippen molar-refractivity contribution in [3.63, 3.8) is 0 Å². The van der Waals surface area contributed by atoms with Crippen LogP contribution in [0.15, 0.2) is 18.3 Å². The zero-order valence-corrected chi connectivity index (χ0v) is 11.7. The maximum Gasteiger partial charge on any atom is 0.0544 e. The Balaban J connectivity index is 2.63. The fourth-order valence-corrected chi connectivity index (χ4v) is 1.58. The maximum absolute atomic E-state index is 4.50. The third-order valence-electron chi connectivity index (χ3n) is 3.56. The molecule has 0 aliphatic rings. The second-order valence-electron chi connectivity index (χ2n) is 5.21. The first-order valence-corrected chi connectivity index (χ1v) is 6.29. The Morgan fingerprint density at radius 3 is 2.53 bits per heavy atom. The number of rotatable bonds is 6. The minimum atomic E-state index is 0.228. The molecule has 0 saturated heterocycles. The average Bonchev–Trinajstić information content (AvgIpc) is 2.32. The van der Waals surface area contributed by atoms with E-state index in [0.717, 1.165) is 25.2 Å². The van der Waals surface area contributed by atoms with Crippen LogP contribution in [0.5, 0.6) is 0 Å². The van der Waals surface area contributed by atoms with E-state index in [-0.39, 0.29) is 5.54 Å². The predicted molar refractivity (Wildman–Crippen MR) is 72.8 cm³/mol. The topological polar surface area (TPSA) is 28.2 Å². The van der Waals surface area contributed by atoms with Gasteiger partial charge in [0.25, 0.3) is 0 Å². The standard InChI is InChI=1S/C14H25N3/c1-6-14(2,3)17(5)11-13-8-7-12(9-15-4)10-16-13/h7-8,10,15H,6,9,11H2,1-5H3. The molecule has 0 radical (unpaired) electrons. The summed E-state index contributed by atoms with van der Waals surface area (Å²) < 4.78 is 0. The summed E-state index contributed by atoms with van der Waals surface area (Å²) in [6.07, 6.45) is 3.10. The van der Waals surface area contributed by atoms with Gasteiger partial charge in [-0.2, -0.15) is 0 Å². The Bertz CT molecular complexity index is 330. The van der Waals surface area contributed by atoms with Gasteiger partial charge in [0, 0.05) is 24.8 Å². The van der Waals surface area contributed by atoms with Gasteiger partial charge in [-0.3, -0.25) is 9.88 Å². The number of pyridine rings is 1. The molecular weight excluding hydrogens is 210 g/mol. The van der Waals surface area contributed by atoms with Crippen LogP contribution in [0.4, 0.5) is 0 Å². The van der Waals surface area contributed by atoms with Crippen LogP contribution < -0.4 is 5.32 Å². The lowest BCUT2D eigenvalue weighted by molar-refractivity contribution is 0.141. The van der Waals surface area contributed by atoms with E-state index in [4.69, 9.17) is 0 Å². The predicted octanol–water partition coefficient (Wildman–Crippen LogP) is 2.42. The van der Waals surface area contributed by atoms with E-state index in [1.165, 1.54) is 5.56 Å². The molecule has 0 spiro atoms. The Morgan fingerprint density at radius 1 is 1.35 bits per heavy atom. The van der Waals surface area contributed by atoms with Crippen LogP contribution >= 0.6 is 0 Å². The van der Waals surface area contributed by atoms with Gasteiger partial charge in [0.05, 0.1) is 5.69 Å². The number of hydrogen-bond acceptors (Lipinski definition) is 3. The summed E-state index contributed by atoms with van der Waals surface area (Å²) in [6, 6.07) is 4.26. The van der Waals surface area contributed by atoms with Crippen molar-refractivity contribution in [2.24, 2.45) is 0 Å². The molecule has 3 heteroatoms. The molecule has 0 amide bonds. The van der Waals surface area contributed by atoms with Crippen molar-refractivity contribution in [2.45, 2.75) is 45.8 Å². The van der Waals surface area contributed by atoms with E-state index < -0.39 is 0 Å². The molecule has 0 bridgehead atoms. The normalized spacial score (nSPS) is 12.1. The molecule has 0 atom stereocenters.